The number of rotatable bonds is 4. The van der Waals surface area contributed by atoms with Crippen LogP contribution in [0.5, 0.6) is 0 Å². The Labute approximate surface area is 210 Å². The molecule has 0 aliphatic heterocycles. The minimum Gasteiger partial charge on any atom is -0.289 e. The average molecular weight is 477 g/mol. The SMILES string of the molecule is Cc1ccccc1C(=O)c1ccc2c(c1)C1(CCCCC1)c1cc(C(=O)c3sccc3C)ccc1-2. The first-order valence-electron chi connectivity index (χ1n) is 12.5. The predicted octanol–water partition coefficient (Wildman–Crippen LogP) is 8.06. The number of benzene rings is 3. The molecule has 0 bridgehead atoms. The fourth-order valence-electron chi connectivity index (χ4n) is 6.19. The highest BCUT2D eigenvalue weighted by atomic mass is 32.1. The molecule has 1 fully saturated rings. The summed E-state index contributed by atoms with van der Waals surface area (Å²) < 4.78 is 0. The Morgan fingerprint density at radius 2 is 1.34 bits per heavy atom. The minimum absolute atomic E-state index is 0.0804. The summed E-state index contributed by atoms with van der Waals surface area (Å²) in [6, 6.07) is 22.4. The van der Waals surface area contributed by atoms with Crippen LogP contribution in [0.25, 0.3) is 11.1 Å². The van der Waals surface area contributed by atoms with Gasteiger partial charge in [-0.05, 0) is 83.6 Å². The molecule has 0 N–H and O–H groups in total. The summed E-state index contributed by atoms with van der Waals surface area (Å²) in [7, 11) is 0. The predicted molar refractivity (Wildman–Crippen MR) is 143 cm³/mol. The number of carbonyl (C=O) groups excluding carboxylic acids is 2. The van der Waals surface area contributed by atoms with Gasteiger partial charge in [0.2, 0.25) is 5.78 Å². The second-order valence-electron chi connectivity index (χ2n) is 10.1. The molecule has 2 aliphatic carbocycles. The van der Waals surface area contributed by atoms with Gasteiger partial charge >= 0.3 is 0 Å². The van der Waals surface area contributed by atoms with Crippen molar-refractivity contribution >= 4 is 22.9 Å². The number of hydrogen-bond acceptors (Lipinski definition) is 3. The van der Waals surface area contributed by atoms with Gasteiger partial charge in [0, 0.05) is 22.1 Å². The van der Waals surface area contributed by atoms with Crippen LogP contribution in [0.4, 0.5) is 0 Å². The quantitative estimate of drug-likeness (QED) is 0.279. The van der Waals surface area contributed by atoms with E-state index in [1.165, 1.54) is 40.0 Å². The zero-order valence-electron chi connectivity index (χ0n) is 20.2. The molecular weight excluding hydrogens is 448 g/mol. The van der Waals surface area contributed by atoms with E-state index in [1.54, 1.807) is 0 Å². The number of fused-ring (bicyclic) bond motifs is 5. The van der Waals surface area contributed by atoms with Gasteiger partial charge in [0.05, 0.1) is 4.88 Å². The van der Waals surface area contributed by atoms with Gasteiger partial charge in [-0.2, -0.15) is 0 Å². The van der Waals surface area contributed by atoms with Crippen molar-refractivity contribution in [1.82, 2.24) is 0 Å². The first kappa shape index (κ1) is 22.2. The summed E-state index contributed by atoms with van der Waals surface area (Å²) in [6.45, 7) is 4.00. The Balaban J connectivity index is 1.48. The lowest BCUT2D eigenvalue weighted by molar-refractivity contribution is 0.103. The summed E-state index contributed by atoms with van der Waals surface area (Å²) in [4.78, 5) is 27.7. The lowest BCUT2D eigenvalue weighted by atomic mass is 9.67. The fourth-order valence-corrected chi connectivity index (χ4v) is 7.08. The van der Waals surface area contributed by atoms with E-state index in [2.05, 4.69) is 24.3 Å². The normalized spacial score (nSPS) is 15.6. The molecule has 4 aromatic rings. The third kappa shape index (κ3) is 3.44. The van der Waals surface area contributed by atoms with Crippen LogP contribution in [0.2, 0.25) is 0 Å². The van der Waals surface area contributed by atoms with Crippen molar-refractivity contribution < 1.29 is 9.59 Å². The first-order chi connectivity index (χ1) is 17.0. The largest absolute Gasteiger partial charge is 0.289 e. The third-order valence-electron chi connectivity index (χ3n) is 8.05. The summed E-state index contributed by atoms with van der Waals surface area (Å²) in [6.07, 6.45) is 5.69. The molecule has 2 nitrogen and oxygen atoms in total. The van der Waals surface area contributed by atoms with Gasteiger partial charge in [0.15, 0.2) is 5.78 Å². The van der Waals surface area contributed by atoms with Crippen LogP contribution in [0.1, 0.15) is 85.5 Å². The highest BCUT2D eigenvalue weighted by Crippen LogP contribution is 2.56. The Morgan fingerprint density at radius 1 is 0.714 bits per heavy atom. The van der Waals surface area contributed by atoms with Gasteiger partial charge < -0.3 is 0 Å². The van der Waals surface area contributed by atoms with Crippen molar-refractivity contribution in [2.24, 2.45) is 0 Å². The number of ketones is 2. The molecule has 3 aromatic carbocycles. The summed E-state index contributed by atoms with van der Waals surface area (Å²) in [5.41, 5.74) is 9.17. The van der Waals surface area contributed by atoms with Crippen LogP contribution < -0.4 is 0 Å². The molecule has 0 atom stereocenters. The molecule has 1 aromatic heterocycles. The first-order valence-corrected chi connectivity index (χ1v) is 13.4. The van der Waals surface area contributed by atoms with Gasteiger partial charge in [-0.3, -0.25) is 9.59 Å². The minimum atomic E-state index is -0.119. The third-order valence-corrected chi connectivity index (χ3v) is 9.07. The van der Waals surface area contributed by atoms with Crippen molar-refractivity contribution in [3.63, 3.8) is 0 Å². The lowest BCUT2D eigenvalue weighted by Crippen LogP contribution is -2.28. The molecule has 1 heterocycles. The van der Waals surface area contributed by atoms with E-state index in [0.29, 0.717) is 0 Å². The van der Waals surface area contributed by atoms with Crippen molar-refractivity contribution in [3.8, 4) is 11.1 Å². The summed E-state index contributed by atoms with van der Waals surface area (Å²) in [5, 5.41) is 1.99. The standard InChI is InChI=1S/C32H28O2S/c1-20-8-4-5-9-24(20)29(33)22-10-12-25-26-13-11-23(30(34)31-21(2)14-17-35-31)19-28(26)32(27(25)18-22)15-6-3-7-16-32/h4-5,8-14,17-19H,3,6-7,15-16H2,1-2H3. The average Bonchev–Trinajstić information content (AvgIpc) is 3.43. The lowest BCUT2D eigenvalue weighted by Gasteiger charge is -2.36. The van der Waals surface area contributed by atoms with Crippen LogP contribution in [0.3, 0.4) is 0 Å². The Hall–Kier alpha value is -3.30. The molecule has 6 rings (SSSR count). The second kappa shape index (κ2) is 8.42. The Bertz CT molecular complexity index is 1480. The molecule has 3 heteroatoms. The maximum atomic E-state index is 13.5. The molecular formula is C32H28O2S. The molecule has 0 unspecified atom stereocenters. The van der Waals surface area contributed by atoms with E-state index >= 15 is 0 Å². The van der Waals surface area contributed by atoms with Gasteiger partial charge in [-0.25, -0.2) is 0 Å². The Kier molecular flexibility index (Phi) is 5.34. The monoisotopic (exact) mass is 476 g/mol. The zero-order valence-corrected chi connectivity index (χ0v) is 21.0. The molecule has 2 aliphatic rings. The maximum Gasteiger partial charge on any atom is 0.203 e. The molecule has 1 spiro atoms. The number of carbonyl (C=O) groups is 2. The topological polar surface area (TPSA) is 34.1 Å². The van der Waals surface area contributed by atoms with Crippen LogP contribution >= 0.6 is 11.3 Å². The van der Waals surface area contributed by atoms with E-state index in [9.17, 15) is 9.59 Å². The van der Waals surface area contributed by atoms with E-state index in [4.69, 9.17) is 0 Å². The van der Waals surface area contributed by atoms with Crippen molar-refractivity contribution in [3.05, 3.63) is 116 Å². The van der Waals surface area contributed by atoms with E-state index < -0.39 is 0 Å². The molecule has 0 amide bonds. The van der Waals surface area contributed by atoms with E-state index in [-0.39, 0.29) is 17.0 Å². The highest BCUT2D eigenvalue weighted by molar-refractivity contribution is 7.12. The van der Waals surface area contributed by atoms with Crippen LogP contribution in [0, 0.1) is 13.8 Å². The number of hydrogen-bond donors (Lipinski definition) is 0. The smallest absolute Gasteiger partial charge is 0.203 e. The molecule has 0 saturated heterocycles. The van der Waals surface area contributed by atoms with Crippen LogP contribution in [-0.2, 0) is 5.41 Å². The van der Waals surface area contributed by atoms with Crippen molar-refractivity contribution in [1.29, 1.82) is 0 Å². The molecule has 35 heavy (non-hydrogen) atoms. The second-order valence-corrected chi connectivity index (χ2v) is 11.0. The molecule has 0 radical (unpaired) electrons. The fraction of sp³-hybridized carbons (Fsp3) is 0.250. The van der Waals surface area contributed by atoms with Crippen LogP contribution in [-0.4, -0.2) is 11.6 Å². The zero-order chi connectivity index (χ0) is 24.2. The summed E-state index contributed by atoms with van der Waals surface area (Å²) >= 11 is 1.52. The van der Waals surface area contributed by atoms with Gasteiger partial charge in [-0.15, -0.1) is 11.3 Å². The maximum absolute atomic E-state index is 13.5. The summed E-state index contributed by atoms with van der Waals surface area (Å²) in [5.74, 6) is 0.189. The highest BCUT2D eigenvalue weighted by Gasteiger charge is 2.44. The van der Waals surface area contributed by atoms with E-state index in [1.807, 2.05) is 61.7 Å². The van der Waals surface area contributed by atoms with Gasteiger partial charge in [0.1, 0.15) is 0 Å². The van der Waals surface area contributed by atoms with Crippen molar-refractivity contribution in [2.75, 3.05) is 0 Å². The van der Waals surface area contributed by atoms with Crippen LogP contribution in [0.15, 0.2) is 72.1 Å². The van der Waals surface area contributed by atoms with Crippen molar-refractivity contribution in [2.45, 2.75) is 51.4 Å². The molecule has 1 saturated carbocycles. The number of thiophene rings is 1. The number of aryl methyl sites for hydroxylation is 2. The van der Waals surface area contributed by atoms with Gasteiger partial charge in [0.25, 0.3) is 0 Å². The van der Waals surface area contributed by atoms with E-state index in [0.717, 1.165) is 58.4 Å². The Morgan fingerprint density at radius 3 is 1.94 bits per heavy atom. The molecule has 174 valence electrons. The van der Waals surface area contributed by atoms with Gasteiger partial charge in [-0.1, -0.05) is 67.8 Å².